The molecular weight excluding hydrogens is 244 g/mol. The highest BCUT2D eigenvalue weighted by atomic mass is 16.4. The van der Waals surface area contributed by atoms with Crippen LogP contribution in [0, 0.1) is 5.92 Å². The Balaban J connectivity index is 1.98. The standard InChI is InChI=1S/C14H24N2O3/c17-12(18)10-14(6-2-1-3-7-14)16-13(19)11-4-8-15-9-5-11/h11,15H,1-10H2,(H,16,19)(H,17,18). The van der Waals surface area contributed by atoms with E-state index in [-0.39, 0.29) is 18.2 Å². The molecule has 0 radical (unpaired) electrons. The Kier molecular flexibility index (Phi) is 4.80. The van der Waals surface area contributed by atoms with Crippen LogP contribution in [-0.4, -0.2) is 35.6 Å². The molecule has 1 saturated carbocycles. The Morgan fingerprint density at radius 1 is 1.16 bits per heavy atom. The molecule has 0 atom stereocenters. The molecule has 1 aliphatic heterocycles. The average Bonchev–Trinajstić information content (AvgIpc) is 2.39. The van der Waals surface area contributed by atoms with Gasteiger partial charge in [0, 0.05) is 5.92 Å². The predicted octanol–water partition coefficient (Wildman–Crippen LogP) is 1.28. The third-order valence-corrected chi connectivity index (χ3v) is 4.40. The van der Waals surface area contributed by atoms with E-state index in [1.54, 1.807) is 0 Å². The number of hydrogen-bond acceptors (Lipinski definition) is 3. The average molecular weight is 268 g/mol. The summed E-state index contributed by atoms with van der Waals surface area (Å²) in [4.78, 5) is 23.4. The van der Waals surface area contributed by atoms with Crippen LogP contribution < -0.4 is 10.6 Å². The third kappa shape index (κ3) is 3.93. The van der Waals surface area contributed by atoms with E-state index in [1.165, 1.54) is 0 Å². The Morgan fingerprint density at radius 3 is 2.37 bits per heavy atom. The molecule has 19 heavy (non-hydrogen) atoms. The number of amides is 1. The fourth-order valence-electron chi connectivity index (χ4n) is 3.31. The number of carbonyl (C=O) groups excluding carboxylic acids is 1. The molecule has 1 heterocycles. The van der Waals surface area contributed by atoms with Crippen molar-refractivity contribution in [1.82, 2.24) is 10.6 Å². The van der Waals surface area contributed by atoms with Crippen molar-refractivity contribution in [3.8, 4) is 0 Å². The summed E-state index contributed by atoms with van der Waals surface area (Å²) < 4.78 is 0. The molecule has 3 N–H and O–H groups in total. The van der Waals surface area contributed by atoms with Crippen molar-refractivity contribution >= 4 is 11.9 Å². The van der Waals surface area contributed by atoms with Gasteiger partial charge in [-0.2, -0.15) is 0 Å². The molecule has 1 saturated heterocycles. The van der Waals surface area contributed by atoms with E-state index < -0.39 is 11.5 Å². The zero-order chi connectivity index (χ0) is 13.7. The minimum atomic E-state index is -0.812. The molecule has 0 spiro atoms. The second kappa shape index (κ2) is 6.37. The van der Waals surface area contributed by atoms with Crippen molar-refractivity contribution in [2.45, 2.75) is 56.9 Å². The van der Waals surface area contributed by atoms with Crippen molar-refractivity contribution in [2.24, 2.45) is 5.92 Å². The molecule has 0 bridgehead atoms. The summed E-state index contributed by atoms with van der Waals surface area (Å²) in [5.41, 5.74) is -0.494. The minimum absolute atomic E-state index is 0.0499. The molecule has 0 aromatic carbocycles. The Bertz CT molecular complexity index is 332. The molecular formula is C14H24N2O3. The number of carboxylic acids is 1. The van der Waals surface area contributed by atoms with Gasteiger partial charge >= 0.3 is 5.97 Å². The highest BCUT2D eigenvalue weighted by Gasteiger charge is 2.37. The van der Waals surface area contributed by atoms with Gasteiger partial charge in [0.1, 0.15) is 0 Å². The quantitative estimate of drug-likeness (QED) is 0.717. The van der Waals surface area contributed by atoms with Gasteiger partial charge in [-0.25, -0.2) is 0 Å². The van der Waals surface area contributed by atoms with Gasteiger partial charge in [0.25, 0.3) is 0 Å². The van der Waals surface area contributed by atoms with E-state index >= 15 is 0 Å². The van der Waals surface area contributed by atoms with Crippen molar-refractivity contribution in [2.75, 3.05) is 13.1 Å². The Labute approximate surface area is 114 Å². The number of rotatable bonds is 4. The normalized spacial score (nSPS) is 23.8. The molecule has 2 rings (SSSR count). The molecule has 108 valence electrons. The van der Waals surface area contributed by atoms with Crippen LogP contribution in [0.5, 0.6) is 0 Å². The first-order valence-corrected chi connectivity index (χ1v) is 7.36. The lowest BCUT2D eigenvalue weighted by atomic mass is 9.78. The lowest BCUT2D eigenvalue weighted by molar-refractivity contribution is -0.140. The summed E-state index contributed by atoms with van der Waals surface area (Å²) in [6.07, 6.45) is 6.55. The first kappa shape index (κ1) is 14.3. The van der Waals surface area contributed by atoms with E-state index in [1.807, 2.05) is 0 Å². The van der Waals surface area contributed by atoms with E-state index in [0.717, 1.165) is 58.0 Å². The van der Waals surface area contributed by atoms with Crippen LogP contribution in [0.1, 0.15) is 51.4 Å². The number of carboxylic acid groups (broad SMARTS) is 1. The van der Waals surface area contributed by atoms with Crippen LogP contribution in [0.15, 0.2) is 0 Å². The maximum atomic E-state index is 12.3. The molecule has 5 nitrogen and oxygen atoms in total. The number of aliphatic carboxylic acids is 1. The van der Waals surface area contributed by atoms with E-state index in [0.29, 0.717) is 0 Å². The maximum absolute atomic E-state index is 12.3. The number of carbonyl (C=O) groups is 2. The fourth-order valence-corrected chi connectivity index (χ4v) is 3.31. The Hall–Kier alpha value is -1.10. The summed E-state index contributed by atoms with van der Waals surface area (Å²) in [6.45, 7) is 1.76. The summed E-state index contributed by atoms with van der Waals surface area (Å²) in [6, 6.07) is 0. The van der Waals surface area contributed by atoms with Gasteiger partial charge in [-0.3, -0.25) is 9.59 Å². The highest BCUT2D eigenvalue weighted by Crippen LogP contribution is 2.31. The summed E-state index contributed by atoms with van der Waals surface area (Å²) in [5.74, 6) is -0.703. The fraction of sp³-hybridized carbons (Fsp3) is 0.857. The van der Waals surface area contributed by atoms with Crippen molar-refractivity contribution in [3.05, 3.63) is 0 Å². The molecule has 0 unspecified atom stereocenters. The number of hydrogen-bond donors (Lipinski definition) is 3. The second-order valence-corrected chi connectivity index (χ2v) is 5.93. The summed E-state index contributed by atoms with van der Waals surface area (Å²) in [5, 5.41) is 15.4. The van der Waals surface area contributed by atoms with Crippen molar-refractivity contribution < 1.29 is 14.7 Å². The van der Waals surface area contributed by atoms with Crippen LogP contribution in [0.25, 0.3) is 0 Å². The monoisotopic (exact) mass is 268 g/mol. The van der Waals surface area contributed by atoms with Crippen LogP contribution in [0.4, 0.5) is 0 Å². The van der Waals surface area contributed by atoms with Crippen molar-refractivity contribution in [1.29, 1.82) is 0 Å². The van der Waals surface area contributed by atoms with Crippen LogP contribution >= 0.6 is 0 Å². The van der Waals surface area contributed by atoms with Crippen LogP contribution in [0.3, 0.4) is 0 Å². The number of piperidine rings is 1. The number of nitrogens with one attached hydrogen (secondary N) is 2. The largest absolute Gasteiger partial charge is 0.481 e. The van der Waals surface area contributed by atoms with Gasteiger partial charge in [0.2, 0.25) is 5.91 Å². The topological polar surface area (TPSA) is 78.4 Å². The molecule has 2 aliphatic rings. The third-order valence-electron chi connectivity index (χ3n) is 4.40. The van der Waals surface area contributed by atoms with Gasteiger partial charge < -0.3 is 15.7 Å². The van der Waals surface area contributed by atoms with Gasteiger partial charge in [-0.05, 0) is 38.8 Å². The summed E-state index contributed by atoms with van der Waals surface area (Å²) >= 11 is 0. The molecule has 0 aromatic rings. The lowest BCUT2D eigenvalue weighted by Gasteiger charge is -2.38. The lowest BCUT2D eigenvalue weighted by Crippen LogP contribution is -2.53. The molecule has 2 fully saturated rings. The zero-order valence-corrected chi connectivity index (χ0v) is 11.4. The van der Waals surface area contributed by atoms with Gasteiger partial charge in [0.15, 0.2) is 0 Å². The maximum Gasteiger partial charge on any atom is 0.305 e. The smallest absolute Gasteiger partial charge is 0.305 e. The van der Waals surface area contributed by atoms with Crippen LogP contribution in [0.2, 0.25) is 0 Å². The minimum Gasteiger partial charge on any atom is -0.481 e. The van der Waals surface area contributed by atoms with Gasteiger partial charge in [0.05, 0.1) is 12.0 Å². The SMILES string of the molecule is O=C(O)CC1(NC(=O)C2CCNCC2)CCCCC1. The van der Waals surface area contributed by atoms with Gasteiger partial charge in [-0.1, -0.05) is 19.3 Å². The van der Waals surface area contributed by atoms with Crippen LogP contribution in [-0.2, 0) is 9.59 Å². The molecule has 0 aromatic heterocycles. The zero-order valence-electron chi connectivity index (χ0n) is 11.4. The molecule has 1 amide bonds. The molecule has 5 heteroatoms. The summed E-state index contributed by atoms with van der Waals surface area (Å²) in [7, 11) is 0. The van der Waals surface area contributed by atoms with Gasteiger partial charge in [-0.15, -0.1) is 0 Å². The van der Waals surface area contributed by atoms with Crippen molar-refractivity contribution in [3.63, 3.8) is 0 Å². The highest BCUT2D eigenvalue weighted by molar-refractivity contribution is 5.80. The molecule has 1 aliphatic carbocycles. The predicted molar refractivity (Wildman–Crippen MR) is 71.8 cm³/mol. The van der Waals surface area contributed by atoms with E-state index in [9.17, 15) is 9.59 Å². The second-order valence-electron chi connectivity index (χ2n) is 5.93. The van der Waals surface area contributed by atoms with E-state index in [2.05, 4.69) is 10.6 Å². The first-order chi connectivity index (χ1) is 9.11. The Morgan fingerprint density at radius 2 is 1.79 bits per heavy atom. The first-order valence-electron chi connectivity index (χ1n) is 7.36. The van der Waals surface area contributed by atoms with E-state index in [4.69, 9.17) is 5.11 Å².